The Morgan fingerprint density at radius 1 is 1.20 bits per heavy atom. The van der Waals surface area contributed by atoms with E-state index in [2.05, 4.69) is 0 Å². The van der Waals surface area contributed by atoms with Gasteiger partial charge in [0.05, 0.1) is 0 Å². The van der Waals surface area contributed by atoms with Crippen LogP contribution < -0.4 is 0 Å². The Hall–Kier alpha value is -0.530. The molecule has 1 nitrogen and oxygen atoms in total. The van der Waals surface area contributed by atoms with Gasteiger partial charge in [-0.3, -0.25) is 4.79 Å². The molecule has 15 heavy (non-hydrogen) atoms. The van der Waals surface area contributed by atoms with Gasteiger partial charge >= 0.3 is 0 Å². The molecule has 0 amide bonds. The highest BCUT2D eigenvalue weighted by atomic mass is 35.5. The molecule has 0 aliphatic heterocycles. The predicted octanol–water partition coefficient (Wildman–Crippen LogP) is 4.15. The quantitative estimate of drug-likeness (QED) is 0.764. The van der Waals surface area contributed by atoms with Crippen LogP contribution in [-0.4, -0.2) is 5.78 Å². The lowest BCUT2D eigenvalue weighted by atomic mass is 9.87. The molecule has 0 aliphatic rings. The minimum absolute atomic E-state index is 0.137. The second-order valence-electron chi connectivity index (χ2n) is 4.55. The second kappa shape index (κ2) is 4.54. The molecule has 1 aromatic carbocycles. The minimum Gasteiger partial charge on any atom is -0.299 e. The van der Waals surface area contributed by atoms with Gasteiger partial charge < -0.3 is 0 Å². The van der Waals surface area contributed by atoms with Crippen molar-refractivity contribution in [3.8, 4) is 0 Å². The van der Waals surface area contributed by atoms with Crippen molar-refractivity contribution < 1.29 is 4.79 Å². The first-order valence-corrected chi connectivity index (χ1v) is 5.54. The molecule has 0 saturated carbocycles. The van der Waals surface area contributed by atoms with Gasteiger partial charge in [0.25, 0.3) is 0 Å². The SMILES string of the molecule is CC(C)(C)C(=O)Cc1c(Cl)cccc1Cl. The summed E-state index contributed by atoms with van der Waals surface area (Å²) in [4.78, 5) is 11.8. The standard InChI is InChI=1S/C12H14Cl2O/c1-12(2,3)11(15)7-8-9(13)5-4-6-10(8)14/h4-6H,7H2,1-3H3. The fourth-order valence-corrected chi connectivity index (χ4v) is 1.66. The summed E-state index contributed by atoms with van der Waals surface area (Å²) in [5.41, 5.74) is 0.364. The number of benzene rings is 1. The van der Waals surface area contributed by atoms with E-state index in [1.54, 1.807) is 18.2 Å². The van der Waals surface area contributed by atoms with Gasteiger partial charge in [-0.05, 0) is 17.7 Å². The third-order valence-corrected chi connectivity index (χ3v) is 2.94. The number of ketones is 1. The van der Waals surface area contributed by atoms with Crippen LogP contribution in [0.5, 0.6) is 0 Å². The highest BCUT2D eigenvalue weighted by Crippen LogP contribution is 2.27. The van der Waals surface area contributed by atoms with E-state index in [0.717, 1.165) is 5.56 Å². The number of carbonyl (C=O) groups excluding carboxylic acids is 1. The van der Waals surface area contributed by atoms with Crippen LogP contribution in [0, 0.1) is 5.41 Å². The Labute approximate surface area is 100 Å². The number of halogens is 2. The molecule has 0 N–H and O–H groups in total. The van der Waals surface area contributed by atoms with Crippen LogP contribution in [0.1, 0.15) is 26.3 Å². The Bertz CT molecular complexity index is 357. The number of carbonyl (C=O) groups is 1. The van der Waals surface area contributed by atoms with Gasteiger partial charge in [-0.2, -0.15) is 0 Å². The van der Waals surface area contributed by atoms with Crippen LogP contribution >= 0.6 is 23.2 Å². The fraction of sp³-hybridized carbons (Fsp3) is 0.417. The summed E-state index contributed by atoms with van der Waals surface area (Å²) in [5.74, 6) is 0.137. The molecule has 0 saturated heterocycles. The molecule has 1 aromatic rings. The zero-order chi connectivity index (χ0) is 11.6. The second-order valence-corrected chi connectivity index (χ2v) is 5.36. The summed E-state index contributed by atoms with van der Waals surface area (Å²) in [5, 5.41) is 1.11. The average molecular weight is 245 g/mol. The van der Waals surface area contributed by atoms with Crippen molar-refractivity contribution in [1.82, 2.24) is 0 Å². The summed E-state index contributed by atoms with van der Waals surface area (Å²) in [7, 11) is 0. The molecule has 0 aliphatic carbocycles. The molecule has 0 aromatic heterocycles. The van der Waals surface area contributed by atoms with Crippen molar-refractivity contribution in [2.24, 2.45) is 5.41 Å². The van der Waals surface area contributed by atoms with E-state index in [4.69, 9.17) is 23.2 Å². The molecule has 0 radical (unpaired) electrons. The van der Waals surface area contributed by atoms with Crippen molar-refractivity contribution >= 4 is 29.0 Å². The maximum Gasteiger partial charge on any atom is 0.142 e. The van der Waals surface area contributed by atoms with Gasteiger partial charge in [-0.15, -0.1) is 0 Å². The maximum atomic E-state index is 11.8. The predicted molar refractivity (Wildman–Crippen MR) is 64.6 cm³/mol. The maximum absolute atomic E-state index is 11.8. The van der Waals surface area contributed by atoms with Crippen molar-refractivity contribution in [1.29, 1.82) is 0 Å². The zero-order valence-electron chi connectivity index (χ0n) is 9.10. The Morgan fingerprint density at radius 3 is 2.07 bits per heavy atom. The Morgan fingerprint density at radius 2 is 1.67 bits per heavy atom. The van der Waals surface area contributed by atoms with Gasteiger partial charge in [0.1, 0.15) is 5.78 Å². The van der Waals surface area contributed by atoms with Crippen molar-refractivity contribution in [2.75, 3.05) is 0 Å². The lowest BCUT2D eigenvalue weighted by Crippen LogP contribution is -2.22. The Kier molecular flexibility index (Phi) is 3.80. The van der Waals surface area contributed by atoms with Gasteiger partial charge in [-0.1, -0.05) is 50.0 Å². The van der Waals surface area contributed by atoms with E-state index < -0.39 is 0 Å². The topological polar surface area (TPSA) is 17.1 Å². The van der Waals surface area contributed by atoms with Gasteiger partial charge in [0, 0.05) is 21.9 Å². The van der Waals surface area contributed by atoms with E-state index in [9.17, 15) is 4.79 Å². The van der Waals surface area contributed by atoms with Crippen LogP contribution in [0.2, 0.25) is 10.0 Å². The molecule has 0 atom stereocenters. The molecule has 3 heteroatoms. The number of Topliss-reactive ketones (excluding diaryl/α,β-unsaturated/α-hetero) is 1. The monoisotopic (exact) mass is 244 g/mol. The molecule has 0 bridgehead atoms. The van der Waals surface area contributed by atoms with Gasteiger partial charge in [0.2, 0.25) is 0 Å². The number of hydrogen-bond acceptors (Lipinski definition) is 1. The lowest BCUT2D eigenvalue weighted by Gasteiger charge is -2.17. The van der Waals surface area contributed by atoms with Crippen molar-refractivity contribution in [2.45, 2.75) is 27.2 Å². The average Bonchev–Trinajstić information content (AvgIpc) is 2.09. The summed E-state index contributed by atoms with van der Waals surface area (Å²) in [6.07, 6.45) is 0.294. The summed E-state index contributed by atoms with van der Waals surface area (Å²) in [6, 6.07) is 5.27. The third kappa shape index (κ3) is 3.22. The third-order valence-electron chi connectivity index (χ3n) is 2.24. The van der Waals surface area contributed by atoms with Crippen LogP contribution in [-0.2, 0) is 11.2 Å². The first-order chi connectivity index (χ1) is 6.82. The lowest BCUT2D eigenvalue weighted by molar-refractivity contribution is -0.125. The fourth-order valence-electron chi connectivity index (χ4n) is 1.13. The molecule has 82 valence electrons. The Balaban J connectivity index is 2.95. The first-order valence-electron chi connectivity index (χ1n) is 4.78. The normalized spacial score (nSPS) is 11.5. The number of hydrogen-bond donors (Lipinski definition) is 0. The molecular formula is C12H14Cl2O. The summed E-state index contributed by atoms with van der Waals surface area (Å²) < 4.78 is 0. The van der Waals surface area contributed by atoms with Crippen LogP contribution in [0.15, 0.2) is 18.2 Å². The number of rotatable bonds is 2. The van der Waals surface area contributed by atoms with E-state index >= 15 is 0 Å². The summed E-state index contributed by atoms with van der Waals surface area (Å²) in [6.45, 7) is 5.67. The highest BCUT2D eigenvalue weighted by Gasteiger charge is 2.22. The van der Waals surface area contributed by atoms with E-state index in [1.807, 2.05) is 20.8 Å². The van der Waals surface area contributed by atoms with Crippen LogP contribution in [0.25, 0.3) is 0 Å². The molecule has 0 unspecified atom stereocenters. The molecular weight excluding hydrogens is 231 g/mol. The van der Waals surface area contributed by atoms with Gasteiger partial charge in [0.15, 0.2) is 0 Å². The van der Waals surface area contributed by atoms with E-state index in [0.29, 0.717) is 16.5 Å². The minimum atomic E-state index is -0.359. The first kappa shape index (κ1) is 12.5. The van der Waals surface area contributed by atoms with Crippen molar-refractivity contribution in [3.05, 3.63) is 33.8 Å². The molecule has 0 spiro atoms. The van der Waals surface area contributed by atoms with Gasteiger partial charge in [-0.25, -0.2) is 0 Å². The van der Waals surface area contributed by atoms with Crippen LogP contribution in [0.4, 0.5) is 0 Å². The molecule has 0 heterocycles. The highest BCUT2D eigenvalue weighted by molar-refractivity contribution is 6.36. The van der Waals surface area contributed by atoms with Crippen LogP contribution in [0.3, 0.4) is 0 Å². The van der Waals surface area contributed by atoms with E-state index in [1.165, 1.54) is 0 Å². The summed E-state index contributed by atoms with van der Waals surface area (Å²) >= 11 is 12.0. The van der Waals surface area contributed by atoms with E-state index in [-0.39, 0.29) is 11.2 Å². The smallest absolute Gasteiger partial charge is 0.142 e. The molecule has 1 rings (SSSR count). The van der Waals surface area contributed by atoms with Crippen molar-refractivity contribution in [3.63, 3.8) is 0 Å². The zero-order valence-corrected chi connectivity index (χ0v) is 10.6. The molecule has 0 fully saturated rings. The largest absolute Gasteiger partial charge is 0.299 e.